The van der Waals surface area contributed by atoms with E-state index in [1.54, 1.807) is 25.2 Å². The Kier molecular flexibility index (Phi) is 3.89. The van der Waals surface area contributed by atoms with Crippen LogP contribution in [-0.2, 0) is 0 Å². The van der Waals surface area contributed by atoms with E-state index in [9.17, 15) is 0 Å². The molecule has 2 rings (SSSR count). The van der Waals surface area contributed by atoms with E-state index < -0.39 is 0 Å². The van der Waals surface area contributed by atoms with E-state index in [4.69, 9.17) is 27.9 Å². The number of aromatic nitrogens is 2. The summed E-state index contributed by atoms with van der Waals surface area (Å²) in [6, 6.07) is 5.05. The van der Waals surface area contributed by atoms with Crippen LogP contribution in [0.25, 0.3) is 0 Å². The van der Waals surface area contributed by atoms with E-state index in [0.29, 0.717) is 21.7 Å². The molecule has 1 N–H and O–H groups in total. The third-order valence-electron chi connectivity index (χ3n) is 2.38. The Bertz CT molecular complexity index is 575. The van der Waals surface area contributed by atoms with Crippen molar-refractivity contribution < 1.29 is 4.74 Å². The Labute approximate surface area is 115 Å². The average molecular weight is 284 g/mol. The SMILES string of the molecule is CNc1ncnc(Oc2ccc(Cl)c(Cl)c2)c1C. The topological polar surface area (TPSA) is 47.0 Å². The summed E-state index contributed by atoms with van der Waals surface area (Å²) in [6.07, 6.45) is 1.44. The molecular weight excluding hydrogens is 273 g/mol. The number of nitrogens with one attached hydrogen (secondary N) is 1. The average Bonchev–Trinajstić information content (AvgIpc) is 2.36. The standard InChI is InChI=1S/C12H11Cl2N3O/c1-7-11(15-2)16-6-17-12(7)18-8-3-4-9(13)10(14)5-8/h3-6H,1-2H3,(H,15,16,17). The molecule has 0 radical (unpaired) electrons. The summed E-state index contributed by atoms with van der Waals surface area (Å²) in [7, 11) is 1.79. The van der Waals surface area contributed by atoms with Crippen molar-refractivity contribution in [3.05, 3.63) is 40.1 Å². The number of ether oxygens (including phenoxy) is 1. The van der Waals surface area contributed by atoms with Gasteiger partial charge in [0.2, 0.25) is 5.88 Å². The summed E-state index contributed by atoms with van der Waals surface area (Å²) in [5.74, 6) is 1.78. The summed E-state index contributed by atoms with van der Waals surface area (Å²) in [5.41, 5.74) is 0.825. The zero-order valence-corrected chi connectivity index (χ0v) is 11.4. The third kappa shape index (κ3) is 2.66. The highest BCUT2D eigenvalue weighted by Gasteiger charge is 2.09. The van der Waals surface area contributed by atoms with Gasteiger partial charge in [-0.2, -0.15) is 0 Å². The van der Waals surface area contributed by atoms with Crippen molar-refractivity contribution in [2.45, 2.75) is 6.92 Å². The molecule has 18 heavy (non-hydrogen) atoms. The van der Waals surface area contributed by atoms with Crippen LogP contribution in [0.4, 0.5) is 5.82 Å². The highest BCUT2D eigenvalue weighted by molar-refractivity contribution is 6.42. The number of rotatable bonds is 3. The Balaban J connectivity index is 2.31. The van der Waals surface area contributed by atoms with Crippen molar-refractivity contribution >= 4 is 29.0 Å². The van der Waals surface area contributed by atoms with Crippen LogP contribution in [0.15, 0.2) is 24.5 Å². The quantitative estimate of drug-likeness (QED) is 0.927. The lowest BCUT2D eigenvalue weighted by Crippen LogP contribution is -1.99. The minimum atomic E-state index is 0.440. The molecule has 0 unspecified atom stereocenters. The molecular formula is C12H11Cl2N3O. The van der Waals surface area contributed by atoms with Crippen molar-refractivity contribution in [1.29, 1.82) is 0 Å². The van der Waals surface area contributed by atoms with Gasteiger partial charge in [-0.15, -0.1) is 0 Å². The van der Waals surface area contributed by atoms with Crippen LogP contribution in [0, 0.1) is 6.92 Å². The molecule has 0 atom stereocenters. The molecule has 2 aromatic rings. The fraction of sp³-hybridized carbons (Fsp3) is 0.167. The number of hydrogen-bond donors (Lipinski definition) is 1. The van der Waals surface area contributed by atoms with Gasteiger partial charge in [0.05, 0.1) is 15.6 Å². The normalized spacial score (nSPS) is 10.2. The van der Waals surface area contributed by atoms with Crippen LogP contribution in [0.1, 0.15) is 5.56 Å². The van der Waals surface area contributed by atoms with Gasteiger partial charge >= 0.3 is 0 Å². The van der Waals surface area contributed by atoms with Gasteiger partial charge in [0.1, 0.15) is 17.9 Å². The van der Waals surface area contributed by atoms with Gasteiger partial charge in [-0.1, -0.05) is 23.2 Å². The van der Waals surface area contributed by atoms with Gasteiger partial charge in [0, 0.05) is 13.1 Å². The highest BCUT2D eigenvalue weighted by Crippen LogP contribution is 2.30. The molecule has 1 aromatic heterocycles. The van der Waals surface area contributed by atoms with Crippen molar-refractivity contribution in [3.63, 3.8) is 0 Å². The maximum Gasteiger partial charge on any atom is 0.227 e. The molecule has 0 aliphatic carbocycles. The lowest BCUT2D eigenvalue weighted by Gasteiger charge is -2.10. The zero-order valence-electron chi connectivity index (χ0n) is 9.87. The van der Waals surface area contributed by atoms with E-state index in [1.165, 1.54) is 6.33 Å². The van der Waals surface area contributed by atoms with Crippen LogP contribution in [0.3, 0.4) is 0 Å². The molecule has 0 bridgehead atoms. The zero-order chi connectivity index (χ0) is 13.1. The lowest BCUT2D eigenvalue weighted by molar-refractivity contribution is 0.458. The highest BCUT2D eigenvalue weighted by atomic mass is 35.5. The second-order valence-corrected chi connectivity index (χ2v) is 4.39. The summed E-state index contributed by atoms with van der Waals surface area (Å²) < 4.78 is 5.65. The predicted molar refractivity (Wildman–Crippen MR) is 72.9 cm³/mol. The maximum atomic E-state index is 5.92. The Hall–Kier alpha value is -1.52. The van der Waals surface area contributed by atoms with Crippen molar-refractivity contribution in [2.75, 3.05) is 12.4 Å². The number of anilines is 1. The first-order valence-electron chi connectivity index (χ1n) is 5.24. The molecule has 0 saturated carbocycles. The first-order chi connectivity index (χ1) is 8.61. The van der Waals surface area contributed by atoms with Gasteiger partial charge in [-0.3, -0.25) is 0 Å². The third-order valence-corrected chi connectivity index (χ3v) is 3.12. The minimum absolute atomic E-state index is 0.440. The summed E-state index contributed by atoms with van der Waals surface area (Å²) >= 11 is 11.8. The van der Waals surface area contributed by atoms with Crippen LogP contribution < -0.4 is 10.1 Å². The predicted octanol–water partition coefficient (Wildman–Crippen LogP) is 3.93. The van der Waals surface area contributed by atoms with Gasteiger partial charge in [-0.25, -0.2) is 9.97 Å². The number of benzene rings is 1. The van der Waals surface area contributed by atoms with Gasteiger partial charge < -0.3 is 10.1 Å². The van der Waals surface area contributed by atoms with Gasteiger partial charge in [0.25, 0.3) is 0 Å². The number of halogens is 2. The van der Waals surface area contributed by atoms with Crippen molar-refractivity contribution in [2.24, 2.45) is 0 Å². The first kappa shape index (κ1) is 12.9. The minimum Gasteiger partial charge on any atom is -0.439 e. The molecule has 0 amide bonds. The Morgan fingerprint density at radius 3 is 2.61 bits per heavy atom. The van der Waals surface area contributed by atoms with E-state index in [-0.39, 0.29) is 0 Å². The fourth-order valence-electron chi connectivity index (χ4n) is 1.44. The van der Waals surface area contributed by atoms with E-state index >= 15 is 0 Å². The monoisotopic (exact) mass is 283 g/mol. The molecule has 0 fully saturated rings. The Morgan fingerprint density at radius 1 is 1.17 bits per heavy atom. The van der Waals surface area contributed by atoms with Crippen molar-refractivity contribution in [1.82, 2.24) is 9.97 Å². The van der Waals surface area contributed by atoms with Gasteiger partial charge in [0.15, 0.2) is 0 Å². The Morgan fingerprint density at radius 2 is 1.94 bits per heavy atom. The molecule has 1 aromatic carbocycles. The molecule has 1 heterocycles. The molecule has 6 heteroatoms. The molecule has 4 nitrogen and oxygen atoms in total. The summed E-state index contributed by atoms with van der Waals surface area (Å²) in [6.45, 7) is 1.87. The van der Waals surface area contributed by atoms with Crippen LogP contribution >= 0.6 is 23.2 Å². The van der Waals surface area contributed by atoms with Gasteiger partial charge in [-0.05, 0) is 19.1 Å². The molecule has 0 aliphatic rings. The molecule has 0 spiro atoms. The number of nitrogens with zero attached hydrogens (tertiary/aromatic N) is 2. The number of hydrogen-bond acceptors (Lipinski definition) is 4. The second-order valence-electron chi connectivity index (χ2n) is 3.58. The smallest absolute Gasteiger partial charge is 0.227 e. The summed E-state index contributed by atoms with van der Waals surface area (Å²) in [4.78, 5) is 8.17. The lowest BCUT2D eigenvalue weighted by atomic mass is 10.3. The molecule has 94 valence electrons. The van der Waals surface area contributed by atoms with Crippen LogP contribution in [0.2, 0.25) is 10.0 Å². The van der Waals surface area contributed by atoms with E-state index in [2.05, 4.69) is 15.3 Å². The fourth-order valence-corrected chi connectivity index (χ4v) is 1.73. The van der Waals surface area contributed by atoms with E-state index in [0.717, 1.165) is 11.4 Å². The summed E-state index contributed by atoms with van der Waals surface area (Å²) in [5, 5.41) is 3.89. The van der Waals surface area contributed by atoms with Crippen LogP contribution in [-0.4, -0.2) is 17.0 Å². The first-order valence-corrected chi connectivity index (χ1v) is 5.99. The molecule has 0 aliphatic heterocycles. The van der Waals surface area contributed by atoms with Crippen LogP contribution in [0.5, 0.6) is 11.6 Å². The second kappa shape index (κ2) is 5.42. The largest absolute Gasteiger partial charge is 0.439 e. The molecule has 0 saturated heterocycles. The van der Waals surface area contributed by atoms with E-state index in [1.807, 2.05) is 6.92 Å². The van der Waals surface area contributed by atoms with Crippen molar-refractivity contribution in [3.8, 4) is 11.6 Å². The maximum absolute atomic E-state index is 5.92.